The molecule has 1 aromatic heterocycles. The lowest BCUT2D eigenvalue weighted by molar-refractivity contribution is -0.137. The SMILES string of the molecule is O=C(O)Cn1cc(C=C2NC(=O)NC2=O)c2ccccc21. The highest BCUT2D eigenvalue weighted by atomic mass is 16.4. The van der Waals surface area contributed by atoms with E-state index < -0.39 is 17.9 Å². The number of urea groups is 1. The summed E-state index contributed by atoms with van der Waals surface area (Å²) in [5, 5.41) is 14.3. The Morgan fingerprint density at radius 1 is 1.24 bits per heavy atom. The van der Waals surface area contributed by atoms with Crippen LogP contribution < -0.4 is 10.6 Å². The molecule has 7 nitrogen and oxygen atoms in total. The third-order valence-corrected chi connectivity index (χ3v) is 3.14. The first-order chi connectivity index (χ1) is 10.0. The van der Waals surface area contributed by atoms with Crippen LogP contribution in [0.5, 0.6) is 0 Å². The van der Waals surface area contributed by atoms with Gasteiger partial charge in [-0.05, 0) is 12.1 Å². The molecule has 21 heavy (non-hydrogen) atoms. The predicted molar refractivity (Wildman–Crippen MR) is 74.2 cm³/mol. The number of rotatable bonds is 3. The van der Waals surface area contributed by atoms with Crippen molar-refractivity contribution in [2.75, 3.05) is 0 Å². The molecule has 1 saturated heterocycles. The number of nitrogens with zero attached hydrogens (tertiary/aromatic N) is 1. The quantitative estimate of drug-likeness (QED) is 0.576. The van der Waals surface area contributed by atoms with E-state index in [-0.39, 0.29) is 12.2 Å². The average molecular weight is 285 g/mol. The molecule has 3 rings (SSSR count). The van der Waals surface area contributed by atoms with Crippen molar-refractivity contribution in [2.24, 2.45) is 0 Å². The molecule has 3 N–H and O–H groups in total. The van der Waals surface area contributed by atoms with E-state index in [1.165, 1.54) is 6.08 Å². The Hall–Kier alpha value is -3.09. The molecule has 1 aliphatic heterocycles. The zero-order valence-corrected chi connectivity index (χ0v) is 10.8. The van der Waals surface area contributed by atoms with Crippen LogP contribution in [0.25, 0.3) is 17.0 Å². The molecule has 2 aromatic rings. The summed E-state index contributed by atoms with van der Waals surface area (Å²) < 4.78 is 1.58. The van der Waals surface area contributed by atoms with Crippen LogP contribution >= 0.6 is 0 Å². The van der Waals surface area contributed by atoms with Crippen molar-refractivity contribution in [2.45, 2.75) is 6.54 Å². The van der Waals surface area contributed by atoms with Crippen LogP contribution in [0.4, 0.5) is 4.79 Å². The Kier molecular flexibility index (Phi) is 2.94. The molecule has 1 aromatic carbocycles. The smallest absolute Gasteiger partial charge is 0.326 e. The van der Waals surface area contributed by atoms with Crippen molar-refractivity contribution < 1.29 is 19.5 Å². The van der Waals surface area contributed by atoms with E-state index in [0.29, 0.717) is 5.56 Å². The Morgan fingerprint density at radius 2 is 2.00 bits per heavy atom. The van der Waals surface area contributed by atoms with E-state index in [4.69, 9.17) is 5.11 Å². The van der Waals surface area contributed by atoms with Gasteiger partial charge in [-0.15, -0.1) is 0 Å². The molecule has 0 unspecified atom stereocenters. The van der Waals surface area contributed by atoms with Crippen molar-refractivity contribution in [3.8, 4) is 0 Å². The monoisotopic (exact) mass is 285 g/mol. The molecule has 0 saturated carbocycles. The fourth-order valence-corrected chi connectivity index (χ4v) is 2.30. The molecule has 0 bridgehead atoms. The van der Waals surface area contributed by atoms with Crippen LogP contribution in [0.1, 0.15) is 5.56 Å². The van der Waals surface area contributed by atoms with Gasteiger partial charge in [-0.25, -0.2) is 4.79 Å². The van der Waals surface area contributed by atoms with E-state index >= 15 is 0 Å². The van der Waals surface area contributed by atoms with E-state index in [1.807, 2.05) is 18.2 Å². The largest absolute Gasteiger partial charge is 0.480 e. The number of carboxylic acids is 1. The van der Waals surface area contributed by atoms with Gasteiger partial charge >= 0.3 is 12.0 Å². The van der Waals surface area contributed by atoms with Crippen LogP contribution in [0.3, 0.4) is 0 Å². The van der Waals surface area contributed by atoms with Crippen molar-refractivity contribution in [3.05, 3.63) is 41.7 Å². The maximum atomic E-state index is 11.5. The van der Waals surface area contributed by atoms with E-state index in [9.17, 15) is 14.4 Å². The minimum absolute atomic E-state index is 0.137. The van der Waals surface area contributed by atoms with Crippen LogP contribution in [-0.2, 0) is 16.1 Å². The number of carbonyl (C=O) groups excluding carboxylic acids is 2. The first-order valence-electron chi connectivity index (χ1n) is 6.18. The normalized spacial score (nSPS) is 16.3. The number of fused-ring (bicyclic) bond motifs is 1. The van der Waals surface area contributed by atoms with Gasteiger partial charge in [0.1, 0.15) is 12.2 Å². The highest BCUT2D eigenvalue weighted by molar-refractivity contribution is 6.14. The van der Waals surface area contributed by atoms with Gasteiger partial charge in [-0.2, -0.15) is 0 Å². The molecule has 3 amide bonds. The zero-order chi connectivity index (χ0) is 15.0. The number of carboxylic acid groups (broad SMARTS) is 1. The van der Waals surface area contributed by atoms with Gasteiger partial charge in [0.25, 0.3) is 5.91 Å². The van der Waals surface area contributed by atoms with E-state index in [1.54, 1.807) is 16.8 Å². The maximum absolute atomic E-state index is 11.5. The topological polar surface area (TPSA) is 100 Å². The lowest BCUT2D eigenvalue weighted by Gasteiger charge is -1.99. The van der Waals surface area contributed by atoms with Gasteiger partial charge < -0.3 is 15.0 Å². The van der Waals surface area contributed by atoms with Gasteiger partial charge in [-0.3, -0.25) is 14.9 Å². The molecule has 7 heteroatoms. The average Bonchev–Trinajstić information content (AvgIpc) is 2.91. The molecule has 106 valence electrons. The standard InChI is InChI=1S/C14H11N3O4/c18-12(19)7-17-6-8(9-3-1-2-4-11(9)17)5-10-13(20)16-14(21)15-10/h1-6H,7H2,(H,18,19)(H2,15,16,20,21). The molecule has 0 spiro atoms. The molecule has 0 aliphatic carbocycles. The third kappa shape index (κ3) is 2.36. The summed E-state index contributed by atoms with van der Waals surface area (Å²) in [7, 11) is 0. The second-order valence-corrected chi connectivity index (χ2v) is 4.59. The lowest BCUT2D eigenvalue weighted by atomic mass is 10.1. The lowest BCUT2D eigenvalue weighted by Crippen LogP contribution is -2.22. The van der Waals surface area contributed by atoms with Crippen LogP contribution in [0.15, 0.2) is 36.2 Å². The molecule has 1 fully saturated rings. The summed E-state index contributed by atoms with van der Waals surface area (Å²) >= 11 is 0. The summed E-state index contributed by atoms with van der Waals surface area (Å²) in [4.78, 5) is 33.6. The van der Waals surface area contributed by atoms with Gasteiger partial charge in [0.2, 0.25) is 0 Å². The number of para-hydroxylation sites is 1. The number of aromatic nitrogens is 1. The molecular formula is C14H11N3O4. The highest BCUT2D eigenvalue weighted by Crippen LogP contribution is 2.23. The van der Waals surface area contributed by atoms with Crippen molar-refractivity contribution in [1.82, 2.24) is 15.2 Å². The zero-order valence-electron chi connectivity index (χ0n) is 10.8. The number of aliphatic carboxylic acids is 1. The molecular weight excluding hydrogens is 274 g/mol. The van der Waals surface area contributed by atoms with Gasteiger partial charge in [-0.1, -0.05) is 18.2 Å². The third-order valence-electron chi connectivity index (χ3n) is 3.14. The fourth-order valence-electron chi connectivity index (χ4n) is 2.30. The summed E-state index contributed by atoms with van der Waals surface area (Å²) in [6, 6.07) is 6.69. The second-order valence-electron chi connectivity index (χ2n) is 4.59. The van der Waals surface area contributed by atoms with Crippen molar-refractivity contribution >= 4 is 34.9 Å². The van der Waals surface area contributed by atoms with E-state index in [2.05, 4.69) is 10.6 Å². The second kappa shape index (κ2) is 4.78. The number of hydrogen-bond donors (Lipinski definition) is 3. The molecule has 0 atom stereocenters. The summed E-state index contributed by atoms with van der Waals surface area (Å²) in [6.45, 7) is -0.178. The van der Waals surface area contributed by atoms with Crippen molar-refractivity contribution in [3.63, 3.8) is 0 Å². The molecule has 0 radical (unpaired) electrons. The Labute approximate surface area is 118 Å². The van der Waals surface area contributed by atoms with Crippen LogP contribution in [0, 0.1) is 0 Å². The number of carbonyl (C=O) groups is 3. The number of nitrogens with one attached hydrogen (secondary N) is 2. The van der Waals surface area contributed by atoms with E-state index in [0.717, 1.165) is 10.9 Å². The first kappa shape index (κ1) is 12.9. The molecule has 1 aliphatic rings. The summed E-state index contributed by atoms with van der Waals surface area (Å²) in [6.07, 6.45) is 3.17. The maximum Gasteiger partial charge on any atom is 0.326 e. The van der Waals surface area contributed by atoms with Crippen LogP contribution in [0.2, 0.25) is 0 Å². The minimum atomic E-state index is -0.957. The number of imide groups is 1. The Balaban J connectivity index is 2.11. The van der Waals surface area contributed by atoms with Gasteiger partial charge in [0.05, 0.1) is 0 Å². The Bertz CT molecular complexity index is 804. The van der Waals surface area contributed by atoms with Gasteiger partial charge in [0, 0.05) is 22.7 Å². The van der Waals surface area contributed by atoms with Gasteiger partial charge in [0.15, 0.2) is 0 Å². The first-order valence-corrected chi connectivity index (χ1v) is 6.18. The number of amides is 3. The van der Waals surface area contributed by atoms with Crippen molar-refractivity contribution in [1.29, 1.82) is 0 Å². The minimum Gasteiger partial charge on any atom is -0.480 e. The highest BCUT2D eigenvalue weighted by Gasteiger charge is 2.23. The summed E-state index contributed by atoms with van der Waals surface area (Å²) in [5.74, 6) is -1.46. The Morgan fingerprint density at radius 3 is 2.67 bits per heavy atom. The summed E-state index contributed by atoms with van der Waals surface area (Å²) in [5.41, 5.74) is 1.55. The molecule has 2 heterocycles. The number of benzene rings is 1. The fraction of sp³-hybridized carbons (Fsp3) is 0.0714. The predicted octanol–water partition coefficient (Wildman–Crippen LogP) is 0.906. The van der Waals surface area contributed by atoms with Crippen LogP contribution in [-0.4, -0.2) is 27.6 Å². The number of hydrogen-bond acceptors (Lipinski definition) is 3.